The van der Waals surface area contributed by atoms with Gasteiger partial charge in [-0.15, -0.1) is 0 Å². The fraction of sp³-hybridized carbons (Fsp3) is 0.375. The van der Waals surface area contributed by atoms with Gasteiger partial charge in [0.25, 0.3) is 0 Å². The third kappa shape index (κ3) is 4.45. The van der Waals surface area contributed by atoms with Crippen molar-refractivity contribution in [3.8, 4) is 6.07 Å². The number of nitriles is 1. The zero-order valence-electron chi connectivity index (χ0n) is 17.8. The van der Waals surface area contributed by atoms with Gasteiger partial charge in [0, 0.05) is 23.0 Å². The molecule has 2 N–H and O–H groups in total. The van der Waals surface area contributed by atoms with Crippen molar-refractivity contribution < 1.29 is 22.7 Å². The molecule has 3 nitrogen and oxygen atoms in total. The van der Waals surface area contributed by atoms with E-state index in [4.69, 9.17) is 5.26 Å². The van der Waals surface area contributed by atoms with Crippen molar-refractivity contribution in [3.05, 3.63) is 70.2 Å². The van der Waals surface area contributed by atoms with Crippen LogP contribution >= 0.6 is 0 Å². The molecule has 0 amide bonds. The van der Waals surface area contributed by atoms with Gasteiger partial charge in [0.15, 0.2) is 5.60 Å². The summed E-state index contributed by atoms with van der Waals surface area (Å²) in [6, 6.07) is 10.8. The molecule has 3 aromatic rings. The third-order valence-electron chi connectivity index (χ3n) is 5.80. The Morgan fingerprint density at radius 2 is 1.71 bits per heavy atom. The van der Waals surface area contributed by atoms with E-state index in [9.17, 15) is 22.7 Å². The summed E-state index contributed by atoms with van der Waals surface area (Å²) >= 11 is 0. The summed E-state index contributed by atoms with van der Waals surface area (Å²) in [4.78, 5) is 2.91. The second-order valence-electron chi connectivity index (χ2n) is 8.89. The van der Waals surface area contributed by atoms with Gasteiger partial charge >= 0.3 is 6.18 Å². The van der Waals surface area contributed by atoms with E-state index < -0.39 is 35.9 Å². The number of aromatic amines is 1. The molecule has 0 saturated carbocycles. The summed E-state index contributed by atoms with van der Waals surface area (Å²) < 4.78 is 56.1. The van der Waals surface area contributed by atoms with Crippen molar-refractivity contribution in [3.63, 3.8) is 0 Å². The fourth-order valence-corrected chi connectivity index (χ4v) is 4.36. The van der Waals surface area contributed by atoms with Crippen LogP contribution in [-0.4, -0.2) is 21.9 Å². The van der Waals surface area contributed by atoms with Gasteiger partial charge in [0.1, 0.15) is 5.82 Å². The maximum Gasteiger partial charge on any atom is 0.417 e. The van der Waals surface area contributed by atoms with E-state index in [2.05, 4.69) is 4.98 Å². The smallest absolute Gasteiger partial charge is 0.380 e. The number of aryl methyl sites for hydroxylation is 2. The minimum atomic E-state index is -4.91. The van der Waals surface area contributed by atoms with Crippen LogP contribution in [0, 0.1) is 31.0 Å². The van der Waals surface area contributed by atoms with E-state index in [1.165, 1.54) is 18.2 Å². The molecule has 0 saturated heterocycles. The second kappa shape index (κ2) is 7.69. The van der Waals surface area contributed by atoms with Crippen LogP contribution in [0.4, 0.5) is 17.6 Å². The van der Waals surface area contributed by atoms with Crippen molar-refractivity contribution in [2.24, 2.45) is 0 Å². The highest BCUT2D eigenvalue weighted by Gasteiger charge is 2.56. The lowest BCUT2D eigenvalue weighted by Crippen LogP contribution is -2.51. The number of hydrogen-bond donors (Lipinski definition) is 2. The number of alkyl halides is 3. The van der Waals surface area contributed by atoms with Crippen molar-refractivity contribution in [1.82, 2.24) is 4.98 Å². The fourth-order valence-electron chi connectivity index (χ4n) is 4.36. The molecule has 0 fully saturated rings. The lowest BCUT2D eigenvalue weighted by atomic mass is 9.72. The Labute approximate surface area is 178 Å². The minimum absolute atomic E-state index is 0.208. The molecule has 3 rings (SSSR count). The number of rotatable bonds is 5. The Kier molecular flexibility index (Phi) is 5.66. The molecule has 0 bridgehead atoms. The molecular formula is C24H24F4N2O. The van der Waals surface area contributed by atoms with Crippen molar-refractivity contribution in [2.75, 3.05) is 0 Å². The summed E-state index contributed by atoms with van der Waals surface area (Å²) in [7, 11) is 0. The molecule has 0 radical (unpaired) electrons. The highest BCUT2D eigenvalue weighted by molar-refractivity contribution is 5.85. The van der Waals surface area contributed by atoms with Gasteiger partial charge in [-0.3, -0.25) is 0 Å². The predicted octanol–water partition coefficient (Wildman–Crippen LogP) is 6.00. The normalized spacial score (nSPS) is 14.5. The Bertz CT molecular complexity index is 1170. The second-order valence-corrected chi connectivity index (χ2v) is 8.89. The highest BCUT2D eigenvalue weighted by Crippen LogP contribution is 2.44. The number of fused-ring (bicyclic) bond motifs is 1. The zero-order valence-corrected chi connectivity index (χ0v) is 17.8. The van der Waals surface area contributed by atoms with Crippen LogP contribution in [0.5, 0.6) is 0 Å². The number of nitrogens with one attached hydrogen (secondary N) is 1. The van der Waals surface area contributed by atoms with Gasteiger partial charge in [0.05, 0.1) is 11.6 Å². The maximum atomic E-state index is 14.1. The lowest BCUT2D eigenvalue weighted by molar-refractivity contribution is -0.266. The molecule has 164 valence electrons. The van der Waals surface area contributed by atoms with Crippen LogP contribution in [0.1, 0.15) is 48.2 Å². The van der Waals surface area contributed by atoms with E-state index in [1.807, 2.05) is 6.07 Å². The average Bonchev–Trinajstić information content (AvgIpc) is 3.04. The summed E-state index contributed by atoms with van der Waals surface area (Å²) in [6.45, 7) is 6.61. The number of halogens is 4. The van der Waals surface area contributed by atoms with E-state index in [-0.39, 0.29) is 5.69 Å². The van der Waals surface area contributed by atoms with E-state index >= 15 is 0 Å². The first-order chi connectivity index (χ1) is 14.3. The number of hydrogen-bond acceptors (Lipinski definition) is 2. The van der Waals surface area contributed by atoms with Gasteiger partial charge in [-0.25, -0.2) is 4.39 Å². The molecule has 1 aromatic heterocycles. The molecule has 2 aromatic carbocycles. The third-order valence-corrected chi connectivity index (χ3v) is 5.80. The molecule has 0 aliphatic rings. The number of nitrogens with zero attached hydrogens (tertiary/aromatic N) is 1. The van der Waals surface area contributed by atoms with Gasteiger partial charge < -0.3 is 10.1 Å². The Morgan fingerprint density at radius 1 is 1.03 bits per heavy atom. The average molecular weight is 432 g/mol. The van der Waals surface area contributed by atoms with Crippen molar-refractivity contribution in [2.45, 2.75) is 57.7 Å². The Hall–Kier alpha value is -2.85. The van der Waals surface area contributed by atoms with Gasteiger partial charge in [-0.1, -0.05) is 19.9 Å². The van der Waals surface area contributed by atoms with E-state index in [1.54, 1.807) is 45.9 Å². The molecular weight excluding hydrogens is 408 g/mol. The van der Waals surface area contributed by atoms with Crippen LogP contribution < -0.4 is 0 Å². The SMILES string of the molecule is Cc1ccc(F)cc1C(C)(C)CC(O)(Cc1cc2c(C)cc(C#N)cc2[nH]1)C(F)(F)F. The van der Waals surface area contributed by atoms with E-state index in [0.717, 1.165) is 5.56 Å². The molecule has 1 unspecified atom stereocenters. The van der Waals surface area contributed by atoms with Gasteiger partial charge in [0.2, 0.25) is 0 Å². The van der Waals surface area contributed by atoms with Crippen molar-refractivity contribution >= 4 is 10.9 Å². The minimum Gasteiger partial charge on any atom is -0.380 e. The first-order valence-electron chi connectivity index (χ1n) is 9.84. The monoisotopic (exact) mass is 432 g/mol. The zero-order chi connectivity index (χ0) is 23.2. The lowest BCUT2D eigenvalue weighted by Gasteiger charge is -2.38. The van der Waals surface area contributed by atoms with Crippen LogP contribution in [0.15, 0.2) is 36.4 Å². The van der Waals surface area contributed by atoms with Crippen LogP contribution in [0.3, 0.4) is 0 Å². The topological polar surface area (TPSA) is 59.8 Å². The van der Waals surface area contributed by atoms with Gasteiger partial charge in [-0.2, -0.15) is 18.4 Å². The largest absolute Gasteiger partial charge is 0.417 e. The van der Waals surface area contributed by atoms with E-state index in [0.29, 0.717) is 27.6 Å². The van der Waals surface area contributed by atoms with Crippen molar-refractivity contribution in [1.29, 1.82) is 5.26 Å². The summed E-state index contributed by atoms with van der Waals surface area (Å²) in [5.74, 6) is -0.538. The Balaban J connectivity index is 2.02. The predicted molar refractivity (Wildman–Crippen MR) is 111 cm³/mol. The number of aliphatic hydroxyl groups is 1. The Morgan fingerprint density at radius 3 is 2.32 bits per heavy atom. The number of H-pyrrole nitrogens is 1. The van der Waals surface area contributed by atoms with Crippen LogP contribution in [0.2, 0.25) is 0 Å². The molecule has 1 heterocycles. The molecule has 0 spiro atoms. The number of benzene rings is 2. The summed E-state index contributed by atoms with van der Waals surface area (Å²) in [6.07, 6.45) is -6.24. The number of aromatic nitrogens is 1. The molecule has 1 atom stereocenters. The van der Waals surface area contributed by atoms with Crippen LogP contribution in [-0.2, 0) is 11.8 Å². The standard InChI is InChI=1S/C24H24F4N2O/c1-14-5-6-17(25)9-20(14)22(3,4)13-23(31,24(26,27)28)11-18-10-19-15(2)7-16(12-29)8-21(19)30-18/h5-10,30-31H,11,13H2,1-4H3. The quantitative estimate of drug-likeness (QED) is 0.486. The molecule has 7 heteroatoms. The van der Waals surface area contributed by atoms with Gasteiger partial charge in [-0.05, 0) is 72.7 Å². The molecule has 31 heavy (non-hydrogen) atoms. The summed E-state index contributed by atoms with van der Waals surface area (Å²) in [5.41, 5.74) is -1.22. The summed E-state index contributed by atoms with van der Waals surface area (Å²) in [5, 5.41) is 20.7. The van der Waals surface area contributed by atoms with Crippen LogP contribution in [0.25, 0.3) is 10.9 Å². The first-order valence-corrected chi connectivity index (χ1v) is 9.84. The molecule has 0 aliphatic heterocycles. The highest BCUT2D eigenvalue weighted by atomic mass is 19.4. The molecule has 0 aliphatic carbocycles. The first kappa shape index (κ1) is 22.8. The maximum absolute atomic E-state index is 14.1.